The van der Waals surface area contributed by atoms with Gasteiger partial charge in [-0.25, -0.2) is 4.98 Å². The number of carbonyl (C=O) groups excluding carboxylic acids is 1. The molecule has 0 atom stereocenters. The number of nitrogens with zero attached hydrogens (tertiary/aromatic N) is 2. The van der Waals surface area contributed by atoms with Crippen molar-refractivity contribution in [2.24, 2.45) is 0 Å². The van der Waals surface area contributed by atoms with Gasteiger partial charge in [-0.2, -0.15) is 0 Å². The van der Waals surface area contributed by atoms with Crippen LogP contribution in [0.25, 0.3) is 0 Å². The highest BCUT2D eigenvalue weighted by Gasteiger charge is 2.19. The molecule has 1 aromatic carbocycles. The third-order valence-electron chi connectivity index (χ3n) is 2.18. The van der Waals surface area contributed by atoms with E-state index in [0.717, 1.165) is 11.4 Å². The van der Waals surface area contributed by atoms with E-state index < -0.39 is 0 Å². The number of thiazole rings is 1. The zero-order valence-electron chi connectivity index (χ0n) is 9.26. The van der Waals surface area contributed by atoms with Crippen molar-refractivity contribution in [1.82, 2.24) is 4.98 Å². The average Bonchev–Trinajstić information content (AvgIpc) is 2.77. The molecule has 1 heterocycles. The first-order valence-electron chi connectivity index (χ1n) is 5.08. The first kappa shape index (κ1) is 12.1. The molecule has 2 rings (SSSR count). The van der Waals surface area contributed by atoms with Crippen LogP contribution in [-0.2, 0) is 4.79 Å². The number of halogens is 1. The Morgan fingerprint density at radius 1 is 1.41 bits per heavy atom. The van der Waals surface area contributed by atoms with Crippen LogP contribution in [0.15, 0.2) is 35.7 Å². The average molecular weight is 267 g/mol. The van der Waals surface area contributed by atoms with Gasteiger partial charge in [-0.3, -0.25) is 9.69 Å². The van der Waals surface area contributed by atoms with E-state index in [-0.39, 0.29) is 11.8 Å². The Morgan fingerprint density at radius 2 is 2.12 bits per heavy atom. The number of aryl methyl sites for hydroxylation is 1. The number of alkyl halides is 1. The minimum Gasteiger partial charge on any atom is -0.273 e. The van der Waals surface area contributed by atoms with Crippen molar-refractivity contribution in [2.75, 3.05) is 10.8 Å². The van der Waals surface area contributed by atoms with Crippen LogP contribution in [0.1, 0.15) is 5.69 Å². The largest absolute Gasteiger partial charge is 0.273 e. The highest BCUT2D eigenvalue weighted by molar-refractivity contribution is 7.14. The second-order valence-electron chi connectivity index (χ2n) is 3.47. The molecule has 0 radical (unpaired) electrons. The van der Waals surface area contributed by atoms with Crippen molar-refractivity contribution in [2.45, 2.75) is 6.92 Å². The summed E-state index contributed by atoms with van der Waals surface area (Å²) in [6.45, 7) is 1.90. The molecule has 1 aromatic heterocycles. The number of benzene rings is 1. The van der Waals surface area contributed by atoms with E-state index in [1.165, 1.54) is 11.3 Å². The van der Waals surface area contributed by atoms with Gasteiger partial charge in [-0.1, -0.05) is 18.2 Å². The molecule has 0 unspecified atom stereocenters. The first-order chi connectivity index (χ1) is 8.22. The predicted octanol–water partition coefficient (Wildman–Crippen LogP) is 3.36. The van der Waals surface area contributed by atoms with Crippen molar-refractivity contribution in [3.05, 3.63) is 41.4 Å². The molecule has 88 valence electrons. The lowest BCUT2D eigenvalue weighted by atomic mass is 10.3. The molecule has 0 N–H and O–H groups in total. The molecule has 1 amide bonds. The summed E-state index contributed by atoms with van der Waals surface area (Å²) < 4.78 is 0. The fourth-order valence-electron chi connectivity index (χ4n) is 1.44. The number of rotatable bonds is 3. The lowest BCUT2D eigenvalue weighted by Gasteiger charge is -2.18. The zero-order chi connectivity index (χ0) is 12.3. The summed E-state index contributed by atoms with van der Waals surface area (Å²) in [6, 6.07) is 9.39. The summed E-state index contributed by atoms with van der Waals surface area (Å²) in [5, 5.41) is 2.56. The van der Waals surface area contributed by atoms with Crippen LogP contribution < -0.4 is 4.90 Å². The van der Waals surface area contributed by atoms with Crippen LogP contribution in [0, 0.1) is 6.92 Å². The highest BCUT2D eigenvalue weighted by atomic mass is 35.5. The number of amides is 1. The van der Waals surface area contributed by atoms with Crippen molar-refractivity contribution in [3.8, 4) is 0 Å². The van der Waals surface area contributed by atoms with E-state index >= 15 is 0 Å². The van der Waals surface area contributed by atoms with Crippen LogP contribution in [-0.4, -0.2) is 16.8 Å². The Labute approximate surface area is 109 Å². The summed E-state index contributed by atoms with van der Waals surface area (Å²) >= 11 is 7.07. The molecule has 3 nitrogen and oxygen atoms in total. The van der Waals surface area contributed by atoms with Gasteiger partial charge in [0.1, 0.15) is 5.88 Å². The van der Waals surface area contributed by atoms with Gasteiger partial charge in [-0.05, 0) is 19.1 Å². The second kappa shape index (κ2) is 5.29. The molecular formula is C12H11ClN2OS. The molecule has 17 heavy (non-hydrogen) atoms. The quantitative estimate of drug-likeness (QED) is 0.798. The van der Waals surface area contributed by atoms with Gasteiger partial charge >= 0.3 is 0 Å². The molecule has 0 saturated heterocycles. The molecule has 0 saturated carbocycles. The maximum atomic E-state index is 11.9. The molecule has 2 aromatic rings. The number of carbonyl (C=O) groups is 1. The highest BCUT2D eigenvalue weighted by Crippen LogP contribution is 2.28. The van der Waals surface area contributed by atoms with Gasteiger partial charge in [0.05, 0.1) is 11.4 Å². The minimum absolute atomic E-state index is 0.0620. The van der Waals surface area contributed by atoms with Crippen LogP contribution in [0.4, 0.5) is 10.8 Å². The van der Waals surface area contributed by atoms with Gasteiger partial charge < -0.3 is 0 Å². The molecule has 0 aliphatic carbocycles. The van der Waals surface area contributed by atoms with E-state index in [4.69, 9.17) is 11.6 Å². The molecule has 0 bridgehead atoms. The van der Waals surface area contributed by atoms with E-state index in [1.54, 1.807) is 4.90 Å². The maximum Gasteiger partial charge on any atom is 0.248 e. The molecule has 0 fully saturated rings. The van der Waals surface area contributed by atoms with E-state index in [1.807, 2.05) is 42.6 Å². The Hall–Kier alpha value is -1.39. The van der Waals surface area contributed by atoms with Gasteiger partial charge in [0.15, 0.2) is 5.13 Å². The molecule has 0 aliphatic rings. The Balaban J connectivity index is 2.42. The fraction of sp³-hybridized carbons (Fsp3) is 0.167. The molecule has 5 heteroatoms. The summed E-state index contributed by atoms with van der Waals surface area (Å²) in [6.07, 6.45) is 0. The van der Waals surface area contributed by atoms with E-state index in [0.29, 0.717) is 5.13 Å². The van der Waals surface area contributed by atoms with Crippen LogP contribution in [0.3, 0.4) is 0 Å². The molecule has 0 spiro atoms. The van der Waals surface area contributed by atoms with Crippen LogP contribution in [0.2, 0.25) is 0 Å². The van der Waals surface area contributed by atoms with Gasteiger partial charge in [-0.15, -0.1) is 22.9 Å². The summed E-state index contributed by atoms with van der Waals surface area (Å²) in [7, 11) is 0. The van der Waals surface area contributed by atoms with Crippen molar-refractivity contribution in [3.63, 3.8) is 0 Å². The first-order valence-corrected chi connectivity index (χ1v) is 6.50. The predicted molar refractivity (Wildman–Crippen MR) is 71.2 cm³/mol. The number of hydrogen-bond donors (Lipinski definition) is 0. The molecular weight excluding hydrogens is 256 g/mol. The standard InChI is InChI=1S/C12H11ClN2OS/c1-9-8-17-12(14-9)15(11(16)7-13)10-5-3-2-4-6-10/h2-6,8H,7H2,1H3. The smallest absolute Gasteiger partial charge is 0.248 e. The third kappa shape index (κ3) is 2.65. The normalized spacial score (nSPS) is 10.2. The Kier molecular flexibility index (Phi) is 3.76. The second-order valence-corrected chi connectivity index (χ2v) is 4.57. The number of hydrogen-bond acceptors (Lipinski definition) is 3. The fourth-order valence-corrected chi connectivity index (χ4v) is 2.40. The minimum atomic E-state index is -0.174. The van der Waals surface area contributed by atoms with Crippen LogP contribution >= 0.6 is 22.9 Å². The van der Waals surface area contributed by atoms with Crippen LogP contribution in [0.5, 0.6) is 0 Å². The maximum absolute atomic E-state index is 11.9. The Morgan fingerprint density at radius 3 is 2.65 bits per heavy atom. The monoisotopic (exact) mass is 266 g/mol. The van der Waals surface area contributed by atoms with Gasteiger partial charge in [0.25, 0.3) is 0 Å². The lowest BCUT2D eigenvalue weighted by molar-refractivity contribution is -0.115. The summed E-state index contributed by atoms with van der Waals surface area (Å²) in [5.74, 6) is -0.236. The number of para-hydroxylation sites is 1. The summed E-state index contributed by atoms with van der Waals surface area (Å²) in [4.78, 5) is 17.8. The van der Waals surface area contributed by atoms with E-state index in [9.17, 15) is 4.79 Å². The van der Waals surface area contributed by atoms with Gasteiger partial charge in [0.2, 0.25) is 5.91 Å². The van der Waals surface area contributed by atoms with Crippen molar-refractivity contribution in [1.29, 1.82) is 0 Å². The van der Waals surface area contributed by atoms with Gasteiger partial charge in [0, 0.05) is 5.38 Å². The third-order valence-corrected chi connectivity index (χ3v) is 3.35. The SMILES string of the molecule is Cc1csc(N(C(=O)CCl)c2ccccc2)n1. The zero-order valence-corrected chi connectivity index (χ0v) is 10.8. The topological polar surface area (TPSA) is 33.2 Å². The van der Waals surface area contributed by atoms with Crippen molar-refractivity contribution < 1.29 is 4.79 Å². The summed E-state index contributed by atoms with van der Waals surface area (Å²) in [5.41, 5.74) is 1.68. The number of anilines is 2. The lowest BCUT2D eigenvalue weighted by Crippen LogP contribution is -2.26. The van der Waals surface area contributed by atoms with E-state index in [2.05, 4.69) is 4.98 Å². The van der Waals surface area contributed by atoms with Crippen molar-refractivity contribution >= 4 is 39.7 Å². The number of aromatic nitrogens is 1. The Bertz CT molecular complexity index is 512. The molecule has 0 aliphatic heterocycles.